The van der Waals surface area contributed by atoms with Gasteiger partial charge in [0, 0.05) is 22.6 Å². The van der Waals surface area contributed by atoms with Crippen LogP contribution in [0.2, 0.25) is 0 Å². The Bertz CT molecular complexity index is 4180. The highest BCUT2D eigenvalue weighted by Gasteiger charge is 2.54. The van der Waals surface area contributed by atoms with Crippen molar-refractivity contribution in [1.29, 1.82) is 0 Å². The van der Waals surface area contributed by atoms with E-state index in [1.807, 2.05) is 0 Å². The fourth-order valence-corrected chi connectivity index (χ4v) is 14.1. The van der Waals surface area contributed by atoms with Crippen LogP contribution in [-0.4, -0.2) is 0 Å². The number of rotatable bonds is 5. The summed E-state index contributed by atoms with van der Waals surface area (Å²) in [5, 5.41) is 2.49. The second-order valence-corrected chi connectivity index (χ2v) is 20.2. The Hall–Kier alpha value is -9.50. The van der Waals surface area contributed by atoms with Crippen molar-refractivity contribution in [3.63, 3.8) is 0 Å². The van der Waals surface area contributed by atoms with Gasteiger partial charge in [-0.1, -0.05) is 224 Å². The predicted molar refractivity (Wildman–Crippen MR) is 306 cm³/mol. The summed E-state index contributed by atoms with van der Waals surface area (Å²) in [7, 11) is 0. The monoisotopic (exact) mass is 938 g/mol. The maximum Gasteiger partial charge on any atom is 0.0755 e. The number of benzene rings is 12. The average Bonchev–Trinajstić information content (AvgIpc) is 4.07. The first-order valence-corrected chi connectivity index (χ1v) is 25.8. The van der Waals surface area contributed by atoms with Gasteiger partial charge in [0.1, 0.15) is 0 Å². The zero-order valence-corrected chi connectivity index (χ0v) is 40.5. The first-order valence-electron chi connectivity index (χ1n) is 25.8. The van der Waals surface area contributed by atoms with E-state index >= 15 is 0 Å². The fraction of sp³-hybridized carbons (Fsp3) is 0.0278. The second kappa shape index (κ2) is 15.5. The van der Waals surface area contributed by atoms with Crippen LogP contribution in [0.5, 0.6) is 0 Å². The summed E-state index contributed by atoms with van der Waals surface area (Å²) >= 11 is 0. The van der Waals surface area contributed by atoms with Crippen LogP contribution in [-0.2, 0) is 10.8 Å². The minimum absolute atomic E-state index is 0.483. The molecule has 2 heteroatoms. The molecule has 0 N–H and O–H groups in total. The van der Waals surface area contributed by atoms with Gasteiger partial charge in [0.25, 0.3) is 0 Å². The van der Waals surface area contributed by atoms with Crippen LogP contribution in [0.1, 0.15) is 44.5 Å². The van der Waals surface area contributed by atoms with Crippen molar-refractivity contribution in [3.8, 4) is 44.5 Å². The molecule has 0 bridgehead atoms. The standard InChI is InChI=1S/C72H46N2/c1-2-22-49(23-3-1)74-67-37-16-14-34-63(67)72(64-35-15-17-38-68(64)74)61-32-12-8-27-56(61)57-45-44-51(46-66(57)72)73(50-42-40-48(41-43-50)53-29-18-21-47-20-4-5-24-52(47)53)69-39-19-36-65-70(69)58-28-9-13-33-62(58)71(65)59-30-10-6-25-54(59)55-26-7-11-31-60(55)71/h1-46H. The van der Waals surface area contributed by atoms with E-state index in [4.69, 9.17) is 0 Å². The molecule has 12 aromatic carbocycles. The second-order valence-electron chi connectivity index (χ2n) is 20.2. The molecule has 1 heterocycles. The molecule has 0 aromatic heterocycles. The predicted octanol–water partition coefficient (Wildman–Crippen LogP) is 18.5. The summed E-state index contributed by atoms with van der Waals surface area (Å²) in [5.74, 6) is 0. The molecule has 0 amide bonds. The van der Waals surface area contributed by atoms with Crippen LogP contribution in [0.25, 0.3) is 55.3 Å². The number of hydrogen-bond acceptors (Lipinski definition) is 2. The zero-order valence-electron chi connectivity index (χ0n) is 40.5. The highest BCUT2D eigenvalue weighted by Crippen LogP contribution is 2.67. The van der Waals surface area contributed by atoms with Crippen LogP contribution in [0.4, 0.5) is 34.1 Å². The first-order chi connectivity index (χ1) is 36.7. The number of hydrogen-bond donors (Lipinski definition) is 0. The molecule has 4 aliphatic rings. The van der Waals surface area contributed by atoms with Gasteiger partial charge >= 0.3 is 0 Å². The van der Waals surface area contributed by atoms with Gasteiger partial charge < -0.3 is 9.80 Å². The van der Waals surface area contributed by atoms with Crippen molar-refractivity contribution in [2.75, 3.05) is 9.80 Å². The average molecular weight is 939 g/mol. The molecule has 3 aliphatic carbocycles. The molecular formula is C72H46N2. The topological polar surface area (TPSA) is 6.48 Å². The van der Waals surface area contributed by atoms with Gasteiger partial charge in [0.2, 0.25) is 0 Å². The maximum absolute atomic E-state index is 2.56. The summed E-state index contributed by atoms with van der Waals surface area (Å²) in [5.41, 5.74) is 26.3. The summed E-state index contributed by atoms with van der Waals surface area (Å²) in [6.07, 6.45) is 0. The molecule has 16 rings (SSSR count). The van der Waals surface area contributed by atoms with Crippen LogP contribution >= 0.6 is 0 Å². The third kappa shape index (κ3) is 5.33. The van der Waals surface area contributed by atoms with E-state index in [2.05, 4.69) is 289 Å². The lowest BCUT2D eigenvalue weighted by atomic mass is 9.64. The minimum Gasteiger partial charge on any atom is -0.310 e. The first kappa shape index (κ1) is 41.2. The van der Waals surface area contributed by atoms with Crippen LogP contribution in [0.3, 0.4) is 0 Å². The van der Waals surface area contributed by atoms with Crippen LogP contribution in [0, 0.1) is 0 Å². The summed E-state index contributed by atoms with van der Waals surface area (Å²) in [6, 6.07) is 105. The van der Waals surface area contributed by atoms with Gasteiger partial charge in [0.15, 0.2) is 0 Å². The Balaban J connectivity index is 0.975. The number of fused-ring (bicyclic) bond motifs is 20. The van der Waals surface area contributed by atoms with Crippen molar-refractivity contribution >= 4 is 44.9 Å². The Kier molecular flexibility index (Phi) is 8.62. The molecule has 0 fully saturated rings. The highest BCUT2D eigenvalue weighted by molar-refractivity contribution is 6.03. The van der Waals surface area contributed by atoms with E-state index in [0.29, 0.717) is 0 Å². The third-order valence-electron chi connectivity index (χ3n) is 16.9. The molecule has 0 unspecified atom stereocenters. The van der Waals surface area contributed by atoms with Crippen molar-refractivity contribution in [2.24, 2.45) is 0 Å². The molecule has 2 nitrogen and oxygen atoms in total. The van der Waals surface area contributed by atoms with E-state index in [-0.39, 0.29) is 0 Å². The lowest BCUT2D eigenvalue weighted by Crippen LogP contribution is -2.36. The van der Waals surface area contributed by atoms with Gasteiger partial charge in [0.05, 0.1) is 27.9 Å². The van der Waals surface area contributed by atoms with Gasteiger partial charge in [-0.25, -0.2) is 0 Å². The molecular weight excluding hydrogens is 893 g/mol. The van der Waals surface area contributed by atoms with Crippen LogP contribution in [0.15, 0.2) is 279 Å². The Morgan fingerprint density at radius 3 is 1.38 bits per heavy atom. The minimum atomic E-state index is -0.614. The number of para-hydroxylation sites is 3. The molecule has 1 aliphatic heterocycles. The van der Waals surface area contributed by atoms with Crippen molar-refractivity contribution in [3.05, 3.63) is 324 Å². The zero-order chi connectivity index (χ0) is 48.5. The van der Waals surface area contributed by atoms with Gasteiger partial charge in [-0.15, -0.1) is 0 Å². The molecule has 2 spiro atoms. The Labute approximate surface area is 431 Å². The summed E-state index contributed by atoms with van der Waals surface area (Å²) in [4.78, 5) is 5.02. The Morgan fingerprint density at radius 1 is 0.284 bits per heavy atom. The third-order valence-corrected chi connectivity index (χ3v) is 16.9. The van der Waals surface area contributed by atoms with Gasteiger partial charge in [-0.2, -0.15) is 0 Å². The summed E-state index contributed by atoms with van der Waals surface area (Å²) in [6.45, 7) is 0. The lowest BCUT2D eigenvalue weighted by Gasteiger charge is -2.45. The lowest BCUT2D eigenvalue weighted by molar-refractivity contribution is 0.752. The SMILES string of the molecule is c1ccc(N2c3ccccc3C3(c4ccccc4-c4ccc(N(c5ccc(-c6cccc7ccccc67)cc5)c5cccc6c5-c5ccccc5C65c6ccccc6-c6ccccc65)cc43)c3ccccc32)cc1. The van der Waals surface area contributed by atoms with Crippen molar-refractivity contribution in [1.82, 2.24) is 0 Å². The molecule has 0 atom stereocenters. The molecule has 0 radical (unpaired) electrons. The van der Waals surface area contributed by atoms with E-state index in [1.54, 1.807) is 0 Å². The number of anilines is 6. The summed E-state index contributed by atoms with van der Waals surface area (Å²) < 4.78 is 0. The van der Waals surface area contributed by atoms with E-state index in [9.17, 15) is 0 Å². The van der Waals surface area contributed by atoms with E-state index in [1.165, 1.54) is 111 Å². The number of nitrogens with zero attached hydrogens (tertiary/aromatic N) is 2. The van der Waals surface area contributed by atoms with E-state index in [0.717, 1.165) is 22.7 Å². The molecule has 12 aromatic rings. The molecule has 0 saturated carbocycles. The Morgan fingerprint density at radius 2 is 0.730 bits per heavy atom. The molecule has 344 valence electrons. The molecule has 74 heavy (non-hydrogen) atoms. The van der Waals surface area contributed by atoms with Crippen molar-refractivity contribution < 1.29 is 0 Å². The quantitative estimate of drug-likeness (QED) is 0.170. The molecule has 0 saturated heterocycles. The van der Waals surface area contributed by atoms with Crippen LogP contribution < -0.4 is 9.80 Å². The smallest absolute Gasteiger partial charge is 0.0755 e. The maximum atomic E-state index is 2.56. The van der Waals surface area contributed by atoms with Gasteiger partial charge in [-0.05, 0) is 149 Å². The van der Waals surface area contributed by atoms with E-state index < -0.39 is 10.8 Å². The largest absolute Gasteiger partial charge is 0.310 e. The van der Waals surface area contributed by atoms with Gasteiger partial charge in [-0.3, -0.25) is 0 Å². The highest BCUT2D eigenvalue weighted by atomic mass is 15.2. The fourth-order valence-electron chi connectivity index (χ4n) is 14.1. The normalized spacial score (nSPS) is 14.1. The van der Waals surface area contributed by atoms with Crippen molar-refractivity contribution in [2.45, 2.75) is 10.8 Å².